The van der Waals surface area contributed by atoms with Crippen molar-refractivity contribution in [3.63, 3.8) is 0 Å². The summed E-state index contributed by atoms with van der Waals surface area (Å²) < 4.78 is 14.4. The molecule has 1 atom stereocenters. The number of fused-ring (bicyclic) bond motifs is 3. The van der Waals surface area contributed by atoms with E-state index in [0.717, 1.165) is 5.56 Å². The van der Waals surface area contributed by atoms with Gasteiger partial charge in [0, 0.05) is 18.9 Å². The summed E-state index contributed by atoms with van der Waals surface area (Å²) in [7, 11) is 0. The van der Waals surface area contributed by atoms with Crippen LogP contribution in [0, 0.1) is 12.7 Å². The topological polar surface area (TPSA) is 69.7 Å². The van der Waals surface area contributed by atoms with E-state index in [0.29, 0.717) is 11.3 Å². The molecule has 1 fully saturated rings. The summed E-state index contributed by atoms with van der Waals surface area (Å²) in [4.78, 5) is 42.6. The zero-order valence-corrected chi connectivity index (χ0v) is 16.5. The number of benzene rings is 2. The van der Waals surface area contributed by atoms with Crippen molar-refractivity contribution in [2.45, 2.75) is 45.3 Å². The lowest BCUT2D eigenvalue weighted by molar-refractivity contribution is -0.129. The van der Waals surface area contributed by atoms with Gasteiger partial charge in [-0.1, -0.05) is 18.2 Å². The van der Waals surface area contributed by atoms with Crippen LogP contribution in [0.25, 0.3) is 0 Å². The van der Waals surface area contributed by atoms with Crippen molar-refractivity contribution in [1.82, 2.24) is 4.90 Å². The average Bonchev–Trinajstić information content (AvgIpc) is 3.02. The second-order valence-electron chi connectivity index (χ2n) is 7.77. The normalized spacial score (nSPS) is 20.7. The Bertz CT molecular complexity index is 1040. The summed E-state index contributed by atoms with van der Waals surface area (Å²) in [5.41, 5.74) is -0.00222. The van der Waals surface area contributed by atoms with Crippen LogP contribution in [0.1, 0.15) is 42.6 Å². The fourth-order valence-corrected chi connectivity index (χ4v) is 4.35. The molecule has 4 rings (SSSR count). The Hall–Kier alpha value is -3.22. The number of hydrogen-bond donors (Lipinski definition) is 1. The summed E-state index contributed by atoms with van der Waals surface area (Å²) in [6.07, 6.45) is 0.262. The van der Waals surface area contributed by atoms with Gasteiger partial charge >= 0.3 is 0 Å². The number of carbonyl (C=O) groups is 3. The number of halogens is 1. The monoisotopic (exact) mass is 395 g/mol. The van der Waals surface area contributed by atoms with E-state index in [1.54, 1.807) is 51.1 Å². The molecule has 2 aromatic rings. The lowest BCUT2D eigenvalue weighted by atomic mass is 9.94. The minimum Gasteiger partial charge on any atom is -0.320 e. The first-order chi connectivity index (χ1) is 13.8. The number of para-hydroxylation sites is 1. The van der Waals surface area contributed by atoms with Crippen LogP contribution >= 0.6 is 0 Å². The number of aryl methyl sites for hydroxylation is 1. The Morgan fingerprint density at radius 3 is 2.59 bits per heavy atom. The third kappa shape index (κ3) is 2.72. The van der Waals surface area contributed by atoms with E-state index in [4.69, 9.17) is 0 Å². The molecule has 0 bridgehead atoms. The van der Waals surface area contributed by atoms with Gasteiger partial charge in [0.2, 0.25) is 11.6 Å². The minimum absolute atomic E-state index is 0.0179. The fraction of sp³-hybridized carbons (Fsp3) is 0.318. The van der Waals surface area contributed by atoms with Crippen LogP contribution < -0.4 is 10.2 Å². The van der Waals surface area contributed by atoms with Crippen molar-refractivity contribution in [3.05, 3.63) is 59.4 Å². The van der Waals surface area contributed by atoms with E-state index in [-0.39, 0.29) is 36.4 Å². The molecule has 2 heterocycles. The van der Waals surface area contributed by atoms with Crippen molar-refractivity contribution >= 4 is 29.1 Å². The number of rotatable bonds is 3. The summed E-state index contributed by atoms with van der Waals surface area (Å²) in [5.74, 6) is -1.72. The van der Waals surface area contributed by atoms with E-state index in [2.05, 4.69) is 5.32 Å². The zero-order chi connectivity index (χ0) is 20.9. The van der Waals surface area contributed by atoms with Gasteiger partial charge in [-0.05, 0) is 50.6 Å². The van der Waals surface area contributed by atoms with Crippen molar-refractivity contribution in [2.75, 3.05) is 10.2 Å². The van der Waals surface area contributed by atoms with Crippen molar-refractivity contribution < 1.29 is 18.8 Å². The quantitative estimate of drug-likeness (QED) is 0.865. The Morgan fingerprint density at radius 1 is 1.17 bits per heavy atom. The van der Waals surface area contributed by atoms with Gasteiger partial charge in [0.1, 0.15) is 5.82 Å². The highest BCUT2D eigenvalue weighted by atomic mass is 19.1. The zero-order valence-electron chi connectivity index (χ0n) is 16.5. The molecule has 0 saturated carbocycles. The molecule has 0 aliphatic carbocycles. The highest BCUT2D eigenvalue weighted by Crippen LogP contribution is 2.45. The third-order valence-electron chi connectivity index (χ3n) is 5.55. The van der Waals surface area contributed by atoms with Crippen LogP contribution in [0.4, 0.5) is 15.8 Å². The van der Waals surface area contributed by atoms with Gasteiger partial charge in [0.25, 0.3) is 11.8 Å². The molecule has 0 aromatic heterocycles. The molecule has 7 heteroatoms. The Morgan fingerprint density at radius 2 is 1.90 bits per heavy atom. The van der Waals surface area contributed by atoms with E-state index in [1.807, 2.05) is 0 Å². The highest BCUT2D eigenvalue weighted by molar-refractivity contribution is 6.18. The first-order valence-electron chi connectivity index (χ1n) is 9.60. The molecule has 2 aliphatic rings. The molecule has 1 N–H and O–H groups in total. The van der Waals surface area contributed by atoms with Gasteiger partial charge in [-0.25, -0.2) is 4.39 Å². The highest BCUT2D eigenvalue weighted by Gasteiger charge is 2.61. The predicted octanol–water partition coefficient (Wildman–Crippen LogP) is 3.46. The van der Waals surface area contributed by atoms with Gasteiger partial charge in [-0.3, -0.25) is 19.3 Å². The van der Waals surface area contributed by atoms with Gasteiger partial charge in [0.05, 0.1) is 16.9 Å². The lowest BCUT2D eigenvalue weighted by Gasteiger charge is -2.50. The molecule has 0 unspecified atom stereocenters. The number of amides is 3. The Kier molecular flexibility index (Phi) is 4.41. The number of nitrogens with one attached hydrogen (secondary N) is 1. The molecule has 0 spiro atoms. The van der Waals surface area contributed by atoms with Crippen LogP contribution in [-0.2, 0) is 9.59 Å². The standard InChI is InChI=1S/C22H22FN3O3/c1-13(2)25-20(28)15-6-4-5-7-18(15)26-19(27)10-11-22(25,26)21(29)24-17-9-8-14(3)12-16(17)23/h4-9,12-13H,10-11H2,1-3H3,(H,24,29)/t22-/m1/s1. The smallest absolute Gasteiger partial charge is 0.271 e. The largest absolute Gasteiger partial charge is 0.320 e. The van der Waals surface area contributed by atoms with Crippen molar-refractivity contribution in [3.8, 4) is 0 Å². The van der Waals surface area contributed by atoms with E-state index in [9.17, 15) is 18.8 Å². The van der Waals surface area contributed by atoms with Crippen LogP contribution in [0.15, 0.2) is 42.5 Å². The van der Waals surface area contributed by atoms with Gasteiger partial charge in [0.15, 0.2) is 0 Å². The molecule has 2 aromatic carbocycles. The molecule has 3 amide bonds. The minimum atomic E-state index is -1.53. The second-order valence-corrected chi connectivity index (χ2v) is 7.77. The first-order valence-corrected chi connectivity index (χ1v) is 9.60. The predicted molar refractivity (Wildman–Crippen MR) is 107 cm³/mol. The van der Waals surface area contributed by atoms with E-state index in [1.165, 1.54) is 21.9 Å². The molecule has 0 radical (unpaired) electrons. The lowest BCUT2D eigenvalue weighted by Crippen LogP contribution is -2.70. The second kappa shape index (κ2) is 6.69. The average molecular weight is 395 g/mol. The van der Waals surface area contributed by atoms with Gasteiger partial charge < -0.3 is 10.2 Å². The first kappa shape index (κ1) is 19.1. The maximum absolute atomic E-state index is 14.4. The molecular weight excluding hydrogens is 373 g/mol. The molecular formula is C22H22FN3O3. The Labute approximate surface area is 168 Å². The summed E-state index contributed by atoms with van der Waals surface area (Å²) in [6.45, 7) is 5.35. The van der Waals surface area contributed by atoms with Crippen LogP contribution in [0.3, 0.4) is 0 Å². The maximum Gasteiger partial charge on any atom is 0.271 e. The van der Waals surface area contributed by atoms with Crippen molar-refractivity contribution in [2.24, 2.45) is 0 Å². The van der Waals surface area contributed by atoms with Gasteiger partial charge in [-0.15, -0.1) is 0 Å². The molecule has 6 nitrogen and oxygen atoms in total. The Balaban J connectivity index is 1.86. The molecule has 1 saturated heterocycles. The number of hydrogen-bond acceptors (Lipinski definition) is 3. The fourth-order valence-electron chi connectivity index (χ4n) is 4.35. The molecule has 2 aliphatic heterocycles. The van der Waals surface area contributed by atoms with Crippen LogP contribution in [0.5, 0.6) is 0 Å². The molecule has 29 heavy (non-hydrogen) atoms. The number of carbonyl (C=O) groups excluding carboxylic acids is 3. The van der Waals surface area contributed by atoms with Crippen LogP contribution in [0.2, 0.25) is 0 Å². The number of anilines is 2. The third-order valence-corrected chi connectivity index (χ3v) is 5.55. The van der Waals surface area contributed by atoms with E-state index < -0.39 is 17.4 Å². The summed E-state index contributed by atoms with van der Waals surface area (Å²) in [6, 6.07) is 10.9. The van der Waals surface area contributed by atoms with Crippen LogP contribution in [-0.4, -0.2) is 34.3 Å². The number of nitrogens with zero attached hydrogens (tertiary/aromatic N) is 2. The SMILES string of the molecule is Cc1ccc(NC(=O)[C@@]23CCC(=O)N2c2ccccc2C(=O)N3C(C)C)c(F)c1. The van der Waals surface area contributed by atoms with Crippen molar-refractivity contribution in [1.29, 1.82) is 0 Å². The maximum atomic E-state index is 14.4. The van der Waals surface area contributed by atoms with E-state index >= 15 is 0 Å². The van der Waals surface area contributed by atoms with Gasteiger partial charge in [-0.2, -0.15) is 0 Å². The molecule has 150 valence electrons. The summed E-state index contributed by atoms with van der Waals surface area (Å²) >= 11 is 0. The summed E-state index contributed by atoms with van der Waals surface area (Å²) in [5, 5.41) is 2.62.